The number of rotatable bonds is 1. The number of hydrogen-bond donors (Lipinski definition) is 1. The number of aromatic nitrogens is 1. The second kappa shape index (κ2) is 5.32. The summed E-state index contributed by atoms with van der Waals surface area (Å²) in [6.45, 7) is 1.67. The molecule has 0 radical (unpaired) electrons. The van der Waals surface area contributed by atoms with Crippen molar-refractivity contribution in [2.45, 2.75) is 6.92 Å². The molecule has 94 valence electrons. The molecule has 0 aliphatic heterocycles. The molecule has 0 unspecified atom stereocenters. The summed E-state index contributed by atoms with van der Waals surface area (Å²) in [6.07, 6.45) is 1.41. The predicted molar refractivity (Wildman–Crippen MR) is 68.3 cm³/mol. The molecule has 0 amide bonds. The van der Waals surface area contributed by atoms with E-state index in [1.54, 1.807) is 25.1 Å². The lowest BCUT2D eigenvalue weighted by atomic mass is 10.1. The first-order valence-corrected chi connectivity index (χ1v) is 5.54. The first-order chi connectivity index (χ1) is 9.06. The molecule has 1 aromatic carbocycles. The third-order valence-electron chi connectivity index (χ3n) is 2.48. The van der Waals surface area contributed by atoms with Crippen molar-refractivity contribution in [1.82, 2.24) is 4.98 Å². The number of benzene rings is 1. The van der Waals surface area contributed by atoms with E-state index in [0.29, 0.717) is 16.7 Å². The highest BCUT2D eigenvalue weighted by Crippen LogP contribution is 2.07. The predicted octanol–water partition coefficient (Wildman–Crippen LogP) is 2.63. The van der Waals surface area contributed by atoms with Gasteiger partial charge in [-0.15, -0.1) is 0 Å². The summed E-state index contributed by atoms with van der Waals surface area (Å²) >= 11 is 0. The van der Waals surface area contributed by atoms with Gasteiger partial charge in [0.1, 0.15) is 5.82 Å². The Balaban J connectivity index is 2.27. The van der Waals surface area contributed by atoms with Gasteiger partial charge in [-0.2, -0.15) is 0 Å². The van der Waals surface area contributed by atoms with Crippen LogP contribution < -0.4 is 0 Å². The molecular formula is C15H10FNO2. The first kappa shape index (κ1) is 12.8. The molecule has 0 spiro atoms. The van der Waals surface area contributed by atoms with Crippen LogP contribution in [0.5, 0.6) is 0 Å². The number of carbonyl (C=O) groups is 1. The largest absolute Gasteiger partial charge is 0.477 e. The van der Waals surface area contributed by atoms with Gasteiger partial charge in [0.25, 0.3) is 0 Å². The van der Waals surface area contributed by atoms with Crippen molar-refractivity contribution in [2.24, 2.45) is 0 Å². The van der Waals surface area contributed by atoms with E-state index in [1.807, 2.05) is 0 Å². The molecule has 0 fully saturated rings. The van der Waals surface area contributed by atoms with Crippen molar-refractivity contribution in [1.29, 1.82) is 0 Å². The van der Waals surface area contributed by atoms with E-state index in [0.717, 1.165) is 0 Å². The van der Waals surface area contributed by atoms with Crippen molar-refractivity contribution in [2.75, 3.05) is 0 Å². The molecule has 1 aromatic heterocycles. The molecule has 1 N–H and O–H groups in total. The molecule has 3 nitrogen and oxygen atoms in total. The average Bonchev–Trinajstić information content (AvgIpc) is 2.37. The highest BCUT2D eigenvalue weighted by Gasteiger charge is 2.07. The van der Waals surface area contributed by atoms with E-state index in [1.165, 1.54) is 18.3 Å². The number of carboxylic acids is 1. The van der Waals surface area contributed by atoms with Crippen LogP contribution in [0.3, 0.4) is 0 Å². The molecule has 0 bridgehead atoms. The maximum absolute atomic E-state index is 12.7. The molecule has 0 saturated carbocycles. The number of nitrogens with zero attached hydrogens (tertiary/aromatic N) is 1. The minimum atomic E-state index is -1.06. The fraction of sp³-hybridized carbons (Fsp3) is 0.0667. The molecule has 4 heteroatoms. The fourth-order valence-electron chi connectivity index (χ4n) is 1.54. The number of hydrogen-bond acceptors (Lipinski definition) is 2. The van der Waals surface area contributed by atoms with Crippen LogP contribution >= 0.6 is 0 Å². The van der Waals surface area contributed by atoms with Gasteiger partial charge in [0.05, 0.1) is 0 Å². The van der Waals surface area contributed by atoms with Crippen molar-refractivity contribution in [3.63, 3.8) is 0 Å². The number of pyridine rings is 1. The molecule has 2 rings (SSSR count). The molecule has 19 heavy (non-hydrogen) atoms. The highest BCUT2D eigenvalue weighted by atomic mass is 19.1. The van der Waals surface area contributed by atoms with Crippen LogP contribution in [0.15, 0.2) is 36.5 Å². The van der Waals surface area contributed by atoms with Crippen molar-refractivity contribution in [3.8, 4) is 11.8 Å². The Kier molecular flexibility index (Phi) is 3.58. The topological polar surface area (TPSA) is 50.2 Å². The van der Waals surface area contributed by atoms with Gasteiger partial charge in [0.2, 0.25) is 0 Å². The first-order valence-electron chi connectivity index (χ1n) is 5.54. The number of halogens is 1. The molecule has 0 aliphatic rings. The molecule has 0 aliphatic carbocycles. The Hall–Kier alpha value is -2.67. The van der Waals surface area contributed by atoms with Crippen LogP contribution in [-0.4, -0.2) is 16.1 Å². The van der Waals surface area contributed by atoms with Gasteiger partial charge in [0.15, 0.2) is 5.69 Å². The number of aryl methyl sites for hydroxylation is 1. The van der Waals surface area contributed by atoms with Gasteiger partial charge in [-0.25, -0.2) is 14.2 Å². The van der Waals surface area contributed by atoms with Gasteiger partial charge in [-0.1, -0.05) is 11.8 Å². The zero-order valence-corrected chi connectivity index (χ0v) is 10.1. The van der Waals surface area contributed by atoms with Crippen LogP contribution in [0, 0.1) is 24.6 Å². The van der Waals surface area contributed by atoms with Gasteiger partial charge < -0.3 is 5.11 Å². The third kappa shape index (κ3) is 3.17. The highest BCUT2D eigenvalue weighted by molar-refractivity contribution is 5.87. The zero-order chi connectivity index (χ0) is 13.8. The van der Waals surface area contributed by atoms with E-state index in [2.05, 4.69) is 16.8 Å². The monoisotopic (exact) mass is 255 g/mol. The average molecular weight is 255 g/mol. The van der Waals surface area contributed by atoms with Gasteiger partial charge in [0, 0.05) is 17.3 Å². The van der Waals surface area contributed by atoms with Crippen LogP contribution in [-0.2, 0) is 0 Å². The zero-order valence-electron chi connectivity index (χ0n) is 10.1. The Morgan fingerprint density at radius 2 is 1.84 bits per heavy atom. The van der Waals surface area contributed by atoms with Crippen LogP contribution in [0.1, 0.15) is 27.2 Å². The number of aromatic carboxylic acids is 1. The maximum Gasteiger partial charge on any atom is 0.354 e. The summed E-state index contributed by atoms with van der Waals surface area (Å²) in [4.78, 5) is 14.7. The minimum Gasteiger partial charge on any atom is -0.477 e. The Labute approximate surface area is 109 Å². The lowest BCUT2D eigenvalue weighted by Gasteiger charge is -1.99. The third-order valence-corrected chi connectivity index (χ3v) is 2.48. The van der Waals surface area contributed by atoms with Crippen LogP contribution in [0.4, 0.5) is 4.39 Å². The molecule has 0 saturated heterocycles. The van der Waals surface area contributed by atoms with Crippen molar-refractivity contribution < 1.29 is 14.3 Å². The Bertz CT molecular complexity index is 682. The smallest absolute Gasteiger partial charge is 0.354 e. The quantitative estimate of drug-likeness (QED) is 0.797. The fourth-order valence-corrected chi connectivity index (χ4v) is 1.54. The summed E-state index contributed by atoms with van der Waals surface area (Å²) in [5.74, 6) is 4.35. The van der Waals surface area contributed by atoms with E-state index in [4.69, 9.17) is 5.11 Å². The summed E-state index contributed by atoms with van der Waals surface area (Å²) in [6, 6.07) is 7.48. The molecule has 1 heterocycles. The van der Waals surface area contributed by atoms with E-state index >= 15 is 0 Å². The standard InChI is InChI=1S/C15H10FNO2/c1-10-8-12(9-17-14(10)15(18)19)3-2-11-4-6-13(16)7-5-11/h4-9H,1H3,(H,18,19). The molecular weight excluding hydrogens is 245 g/mol. The summed E-state index contributed by atoms with van der Waals surface area (Å²) < 4.78 is 12.7. The Morgan fingerprint density at radius 3 is 2.42 bits per heavy atom. The van der Waals surface area contributed by atoms with Crippen LogP contribution in [0.2, 0.25) is 0 Å². The summed E-state index contributed by atoms with van der Waals surface area (Å²) in [5, 5.41) is 8.86. The van der Waals surface area contributed by atoms with Crippen molar-refractivity contribution >= 4 is 5.97 Å². The maximum atomic E-state index is 12.7. The van der Waals surface area contributed by atoms with Crippen molar-refractivity contribution in [3.05, 3.63) is 64.7 Å². The van der Waals surface area contributed by atoms with Gasteiger partial charge in [-0.3, -0.25) is 0 Å². The molecule has 2 aromatic rings. The lowest BCUT2D eigenvalue weighted by molar-refractivity contribution is 0.0689. The second-order valence-electron chi connectivity index (χ2n) is 3.95. The lowest BCUT2D eigenvalue weighted by Crippen LogP contribution is -2.03. The van der Waals surface area contributed by atoms with E-state index in [-0.39, 0.29) is 11.5 Å². The normalized spacial score (nSPS) is 9.58. The van der Waals surface area contributed by atoms with E-state index in [9.17, 15) is 9.18 Å². The van der Waals surface area contributed by atoms with Crippen LogP contribution in [0.25, 0.3) is 0 Å². The SMILES string of the molecule is Cc1cc(C#Cc2ccc(F)cc2)cnc1C(=O)O. The van der Waals surface area contributed by atoms with E-state index < -0.39 is 5.97 Å². The second-order valence-corrected chi connectivity index (χ2v) is 3.95. The number of carboxylic acid groups (broad SMARTS) is 1. The minimum absolute atomic E-state index is 0.0207. The Morgan fingerprint density at radius 1 is 1.21 bits per heavy atom. The van der Waals surface area contributed by atoms with Gasteiger partial charge in [-0.05, 0) is 42.8 Å². The van der Waals surface area contributed by atoms with Gasteiger partial charge >= 0.3 is 5.97 Å². The summed E-state index contributed by atoms with van der Waals surface area (Å²) in [5.41, 5.74) is 1.87. The summed E-state index contributed by atoms with van der Waals surface area (Å²) in [7, 11) is 0. The molecule has 0 atom stereocenters.